The van der Waals surface area contributed by atoms with Gasteiger partial charge in [-0.3, -0.25) is 9.69 Å². The molecular formula is C12H11NO2. The van der Waals surface area contributed by atoms with Gasteiger partial charge in [0.15, 0.2) is 6.23 Å². The first-order valence-corrected chi connectivity index (χ1v) is 5.04. The standard InChI is InChI=1S/C12H11NO2/c14-11-7-6-10-8-15-12(13(10)11)9-4-2-1-3-5-9/h1-6,12H,7-8H2/t12-/m1/s1. The fourth-order valence-corrected chi connectivity index (χ4v) is 2.07. The SMILES string of the molecule is O=C1CC=C2CO[C@H](c3ccccc3)N12. The molecule has 0 aromatic heterocycles. The maximum Gasteiger partial charge on any atom is 0.233 e. The lowest BCUT2D eigenvalue weighted by Gasteiger charge is -2.20. The van der Waals surface area contributed by atoms with E-state index in [1.807, 2.05) is 36.4 Å². The van der Waals surface area contributed by atoms with E-state index >= 15 is 0 Å². The van der Waals surface area contributed by atoms with E-state index in [0.29, 0.717) is 13.0 Å². The minimum absolute atomic E-state index is 0.136. The Balaban J connectivity index is 1.96. The fraction of sp³-hybridized carbons (Fsp3) is 0.250. The Hall–Kier alpha value is -1.61. The summed E-state index contributed by atoms with van der Waals surface area (Å²) in [5, 5.41) is 0. The van der Waals surface area contributed by atoms with Crippen LogP contribution in [0.15, 0.2) is 42.1 Å². The van der Waals surface area contributed by atoms with Crippen molar-refractivity contribution in [3.63, 3.8) is 0 Å². The predicted molar refractivity (Wildman–Crippen MR) is 54.7 cm³/mol. The summed E-state index contributed by atoms with van der Waals surface area (Å²) < 4.78 is 5.61. The zero-order valence-corrected chi connectivity index (χ0v) is 8.22. The first-order chi connectivity index (χ1) is 7.36. The summed E-state index contributed by atoms with van der Waals surface area (Å²) in [6.45, 7) is 0.547. The van der Waals surface area contributed by atoms with E-state index in [1.54, 1.807) is 4.90 Å². The van der Waals surface area contributed by atoms with Gasteiger partial charge in [0.1, 0.15) is 0 Å². The largest absolute Gasteiger partial charge is 0.347 e. The van der Waals surface area contributed by atoms with Gasteiger partial charge in [-0.15, -0.1) is 0 Å². The zero-order valence-electron chi connectivity index (χ0n) is 8.22. The van der Waals surface area contributed by atoms with Crippen LogP contribution in [0, 0.1) is 0 Å². The molecule has 1 aromatic carbocycles. The van der Waals surface area contributed by atoms with Gasteiger partial charge in [0.25, 0.3) is 0 Å². The molecular weight excluding hydrogens is 190 g/mol. The number of carbonyl (C=O) groups excluding carboxylic acids is 1. The topological polar surface area (TPSA) is 29.5 Å². The quantitative estimate of drug-likeness (QED) is 0.693. The molecule has 0 N–H and O–H groups in total. The van der Waals surface area contributed by atoms with Crippen molar-refractivity contribution in [3.05, 3.63) is 47.7 Å². The van der Waals surface area contributed by atoms with E-state index in [2.05, 4.69) is 0 Å². The molecule has 1 amide bonds. The third kappa shape index (κ3) is 1.27. The highest BCUT2D eigenvalue weighted by atomic mass is 16.5. The first kappa shape index (κ1) is 8.68. The molecule has 2 aliphatic heterocycles. The molecule has 3 heteroatoms. The lowest BCUT2D eigenvalue weighted by atomic mass is 10.2. The number of amides is 1. The number of rotatable bonds is 1. The molecule has 0 aliphatic carbocycles. The van der Waals surface area contributed by atoms with Gasteiger partial charge in [0, 0.05) is 17.7 Å². The van der Waals surface area contributed by atoms with Crippen LogP contribution >= 0.6 is 0 Å². The van der Waals surface area contributed by atoms with Crippen LogP contribution in [0.3, 0.4) is 0 Å². The minimum Gasteiger partial charge on any atom is -0.347 e. The first-order valence-electron chi connectivity index (χ1n) is 5.04. The molecule has 15 heavy (non-hydrogen) atoms. The normalized spacial score (nSPS) is 24.3. The summed E-state index contributed by atoms with van der Waals surface area (Å²) in [5.74, 6) is 0.136. The van der Waals surface area contributed by atoms with Crippen molar-refractivity contribution in [1.82, 2.24) is 4.90 Å². The molecule has 1 saturated heterocycles. The second-order valence-electron chi connectivity index (χ2n) is 3.74. The van der Waals surface area contributed by atoms with Crippen molar-refractivity contribution in [2.45, 2.75) is 12.6 Å². The molecule has 3 rings (SSSR count). The Kier molecular flexibility index (Phi) is 1.86. The molecule has 3 nitrogen and oxygen atoms in total. The van der Waals surface area contributed by atoms with Gasteiger partial charge < -0.3 is 4.74 Å². The number of hydrogen-bond acceptors (Lipinski definition) is 2. The number of ether oxygens (including phenoxy) is 1. The van der Waals surface area contributed by atoms with Crippen LogP contribution in [0.5, 0.6) is 0 Å². The third-order valence-corrected chi connectivity index (χ3v) is 2.80. The van der Waals surface area contributed by atoms with Crippen molar-refractivity contribution in [2.24, 2.45) is 0 Å². The molecule has 2 heterocycles. The summed E-state index contributed by atoms with van der Waals surface area (Å²) in [5.41, 5.74) is 2.05. The molecule has 0 saturated carbocycles. The molecule has 1 fully saturated rings. The average molecular weight is 201 g/mol. The van der Waals surface area contributed by atoms with E-state index in [-0.39, 0.29) is 12.1 Å². The van der Waals surface area contributed by atoms with Gasteiger partial charge in [0.2, 0.25) is 5.91 Å². The van der Waals surface area contributed by atoms with Gasteiger partial charge in [-0.05, 0) is 0 Å². The Labute approximate surface area is 88.0 Å². The summed E-state index contributed by atoms with van der Waals surface area (Å²) in [7, 11) is 0. The Morgan fingerprint density at radius 2 is 2.07 bits per heavy atom. The summed E-state index contributed by atoms with van der Waals surface area (Å²) in [4.78, 5) is 13.4. The van der Waals surface area contributed by atoms with Gasteiger partial charge in [-0.2, -0.15) is 0 Å². The molecule has 1 atom stereocenters. The van der Waals surface area contributed by atoms with Crippen LogP contribution in [0.2, 0.25) is 0 Å². The summed E-state index contributed by atoms with van der Waals surface area (Å²) in [6, 6.07) is 9.85. The summed E-state index contributed by atoms with van der Waals surface area (Å²) in [6.07, 6.45) is 2.25. The van der Waals surface area contributed by atoms with Crippen LogP contribution in [-0.4, -0.2) is 17.4 Å². The van der Waals surface area contributed by atoms with Crippen LogP contribution in [0.4, 0.5) is 0 Å². The van der Waals surface area contributed by atoms with Crippen molar-refractivity contribution < 1.29 is 9.53 Å². The maximum absolute atomic E-state index is 11.6. The van der Waals surface area contributed by atoms with Gasteiger partial charge in [-0.1, -0.05) is 36.4 Å². The number of benzene rings is 1. The minimum atomic E-state index is -0.215. The number of fused-ring (bicyclic) bond motifs is 1. The van der Waals surface area contributed by atoms with E-state index in [0.717, 1.165) is 11.3 Å². The predicted octanol–water partition coefficient (Wildman–Crippen LogP) is 1.83. The van der Waals surface area contributed by atoms with Crippen LogP contribution in [-0.2, 0) is 9.53 Å². The van der Waals surface area contributed by atoms with E-state index in [9.17, 15) is 4.79 Å². The maximum atomic E-state index is 11.6. The molecule has 2 aliphatic rings. The molecule has 0 radical (unpaired) electrons. The number of carbonyl (C=O) groups is 1. The van der Waals surface area contributed by atoms with Crippen molar-refractivity contribution in [3.8, 4) is 0 Å². The Bertz CT molecular complexity index is 425. The Morgan fingerprint density at radius 1 is 1.27 bits per heavy atom. The zero-order chi connectivity index (χ0) is 10.3. The van der Waals surface area contributed by atoms with Crippen molar-refractivity contribution >= 4 is 5.91 Å². The average Bonchev–Trinajstić information content (AvgIpc) is 2.84. The molecule has 76 valence electrons. The van der Waals surface area contributed by atoms with Crippen molar-refractivity contribution in [1.29, 1.82) is 0 Å². The van der Waals surface area contributed by atoms with E-state index in [4.69, 9.17) is 4.74 Å². The van der Waals surface area contributed by atoms with Crippen LogP contribution < -0.4 is 0 Å². The lowest BCUT2D eigenvalue weighted by molar-refractivity contribution is -0.132. The van der Waals surface area contributed by atoms with Gasteiger partial charge in [0.05, 0.1) is 6.61 Å². The van der Waals surface area contributed by atoms with Crippen LogP contribution in [0.1, 0.15) is 18.2 Å². The second-order valence-corrected chi connectivity index (χ2v) is 3.74. The van der Waals surface area contributed by atoms with E-state index in [1.165, 1.54) is 0 Å². The monoisotopic (exact) mass is 201 g/mol. The molecule has 0 spiro atoms. The van der Waals surface area contributed by atoms with Gasteiger partial charge >= 0.3 is 0 Å². The van der Waals surface area contributed by atoms with Gasteiger partial charge in [-0.25, -0.2) is 0 Å². The number of nitrogens with zero attached hydrogens (tertiary/aromatic N) is 1. The summed E-state index contributed by atoms with van der Waals surface area (Å²) >= 11 is 0. The highest BCUT2D eigenvalue weighted by Crippen LogP contribution is 2.36. The lowest BCUT2D eigenvalue weighted by Crippen LogP contribution is -2.25. The molecule has 0 unspecified atom stereocenters. The van der Waals surface area contributed by atoms with Crippen molar-refractivity contribution in [2.75, 3.05) is 6.61 Å². The fourth-order valence-electron chi connectivity index (χ4n) is 2.07. The second kappa shape index (κ2) is 3.21. The van der Waals surface area contributed by atoms with Crippen LogP contribution in [0.25, 0.3) is 0 Å². The van der Waals surface area contributed by atoms with E-state index < -0.39 is 0 Å². The highest BCUT2D eigenvalue weighted by Gasteiger charge is 2.37. The molecule has 0 bridgehead atoms. The third-order valence-electron chi connectivity index (χ3n) is 2.80. The molecule has 1 aromatic rings. The number of hydrogen-bond donors (Lipinski definition) is 0. The highest BCUT2D eigenvalue weighted by molar-refractivity contribution is 5.83. The Morgan fingerprint density at radius 3 is 2.87 bits per heavy atom. The smallest absolute Gasteiger partial charge is 0.233 e.